The molecule has 0 atom stereocenters. The number of hydrogen-bond acceptors (Lipinski definition) is 7. The van der Waals surface area contributed by atoms with Gasteiger partial charge in [-0.3, -0.25) is 0 Å². The lowest BCUT2D eigenvalue weighted by atomic mass is 10.3. The minimum atomic E-state index is -2.33. The maximum Gasteiger partial charge on any atom is 0.0418 e. The molecule has 0 amide bonds. The van der Waals surface area contributed by atoms with Gasteiger partial charge in [-0.25, -0.2) is 0 Å². The summed E-state index contributed by atoms with van der Waals surface area (Å²) < 4.78 is 0. The molecular formula is C5H20N4O7. The Labute approximate surface area is 91.4 Å². The zero-order valence-corrected chi connectivity index (χ0v) is 9.77. The zero-order valence-electron chi connectivity index (χ0n) is 9.77. The van der Waals surface area contributed by atoms with Gasteiger partial charge < -0.3 is 59.4 Å². The van der Waals surface area contributed by atoms with E-state index >= 15 is 0 Å². The number of carbonyl (C=O) groups is 3. The van der Waals surface area contributed by atoms with Crippen molar-refractivity contribution in [1.82, 2.24) is 24.6 Å². The molecule has 102 valence electrons. The first-order valence-corrected chi connectivity index (χ1v) is 2.64. The van der Waals surface area contributed by atoms with Gasteiger partial charge in [0.25, 0.3) is 0 Å². The average Bonchev–Trinajstić information content (AvgIpc) is 1.82. The summed E-state index contributed by atoms with van der Waals surface area (Å²) in [5, 5.41) is 35.7. The van der Waals surface area contributed by atoms with E-state index in [0.717, 1.165) is 0 Å². The smallest absolute Gasteiger partial charge is 0.0418 e. The van der Waals surface area contributed by atoms with Crippen LogP contribution >= 0.6 is 0 Å². The number of carboxylic acid groups (broad SMARTS) is 4. The molecule has 0 aliphatic rings. The summed E-state index contributed by atoms with van der Waals surface area (Å²) in [4.78, 5) is 27.3. The van der Waals surface area contributed by atoms with Crippen LogP contribution in [0.15, 0.2) is 0 Å². The van der Waals surface area contributed by atoms with Crippen molar-refractivity contribution in [3.63, 3.8) is 0 Å². The van der Waals surface area contributed by atoms with Crippen molar-refractivity contribution in [2.24, 2.45) is 0 Å². The summed E-state index contributed by atoms with van der Waals surface area (Å²) in [6.07, 6.45) is -3.27. The van der Waals surface area contributed by atoms with Gasteiger partial charge in [0.15, 0.2) is 0 Å². The predicted molar refractivity (Wildman–Crippen MR) is 48.6 cm³/mol. The molecule has 0 aromatic rings. The SMILES string of the molecule is O=C([O-])CCC(=O)[O-].O=C([O-])[O-].[NH4+].[NH4+].[NH4+].[NH4+]. The van der Waals surface area contributed by atoms with Crippen LogP contribution in [0, 0.1) is 0 Å². The third-order valence-corrected chi connectivity index (χ3v) is 0.533. The molecule has 0 rings (SSSR count). The molecule has 0 radical (unpaired) electrons. The first kappa shape index (κ1) is 36.9. The molecule has 0 saturated heterocycles. The fourth-order valence-electron chi connectivity index (χ4n) is 0.204. The lowest BCUT2D eigenvalue weighted by Crippen LogP contribution is -2.37. The molecule has 0 spiro atoms. The van der Waals surface area contributed by atoms with E-state index < -0.39 is 30.9 Å². The molecule has 16 heavy (non-hydrogen) atoms. The quantitative estimate of drug-likeness (QED) is 0.387. The van der Waals surface area contributed by atoms with Crippen LogP contribution in [0.5, 0.6) is 0 Å². The summed E-state index contributed by atoms with van der Waals surface area (Å²) in [7, 11) is 0. The van der Waals surface area contributed by atoms with Crippen LogP contribution < -0.4 is 45.0 Å². The molecule has 16 N–H and O–H groups in total. The van der Waals surface area contributed by atoms with Crippen molar-refractivity contribution in [2.45, 2.75) is 12.8 Å². The fourth-order valence-corrected chi connectivity index (χ4v) is 0.204. The molecule has 11 nitrogen and oxygen atoms in total. The highest BCUT2D eigenvalue weighted by molar-refractivity contribution is 5.72. The van der Waals surface area contributed by atoms with Gasteiger partial charge in [0, 0.05) is 11.9 Å². The predicted octanol–water partition coefficient (Wildman–Crippen LogP) is -3.68. The van der Waals surface area contributed by atoms with Gasteiger partial charge in [-0.1, -0.05) is 0 Å². The number of hydrogen-bond donors (Lipinski definition) is 4. The monoisotopic (exact) mass is 248 g/mol. The summed E-state index contributed by atoms with van der Waals surface area (Å²) in [5.41, 5.74) is 0. The largest absolute Gasteiger partial charge is 0.652 e. The highest BCUT2D eigenvalue weighted by Gasteiger charge is 1.85. The summed E-state index contributed by atoms with van der Waals surface area (Å²) >= 11 is 0. The molecule has 0 saturated carbocycles. The topological polar surface area (TPSA) is 289 Å². The van der Waals surface area contributed by atoms with Crippen molar-refractivity contribution >= 4 is 18.1 Å². The molecule has 0 aliphatic heterocycles. The van der Waals surface area contributed by atoms with E-state index in [1.54, 1.807) is 0 Å². The molecule has 0 unspecified atom stereocenters. The van der Waals surface area contributed by atoms with Crippen molar-refractivity contribution in [2.75, 3.05) is 0 Å². The highest BCUT2D eigenvalue weighted by atomic mass is 16.6. The van der Waals surface area contributed by atoms with Crippen LogP contribution in [-0.4, -0.2) is 18.1 Å². The number of quaternary nitrogens is 4. The van der Waals surface area contributed by atoms with Gasteiger partial charge in [0.05, 0.1) is 0 Å². The van der Waals surface area contributed by atoms with E-state index in [4.69, 9.17) is 15.0 Å². The van der Waals surface area contributed by atoms with Crippen LogP contribution in [0.3, 0.4) is 0 Å². The second kappa shape index (κ2) is 23.1. The number of aliphatic carboxylic acids is 2. The van der Waals surface area contributed by atoms with E-state index in [2.05, 4.69) is 0 Å². The standard InChI is InChI=1S/C4H6O4.CH2O3.4H3N/c5-3(6)1-2-4(7)8;2-1(3)4;;;;/h1-2H2,(H,5,6)(H,7,8);(H2,2,3,4);4*1H3. The van der Waals surface area contributed by atoms with Crippen LogP contribution in [0.1, 0.15) is 12.8 Å². The van der Waals surface area contributed by atoms with E-state index in [1.165, 1.54) is 0 Å². The molecule has 0 fully saturated rings. The minimum absolute atomic E-state index is 0. The Hall–Kier alpha value is -1.95. The molecule has 0 aliphatic carbocycles. The van der Waals surface area contributed by atoms with Crippen LogP contribution in [0.2, 0.25) is 0 Å². The fraction of sp³-hybridized carbons (Fsp3) is 0.400. The normalized spacial score (nSPS) is 5.75. The Morgan fingerprint density at radius 3 is 0.812 bits per heavy atom. The Kier molecular flexibility index (Phi) is 53.4. The maximum atomic E-state index is 9.50. The minimum Gasteiger partial charge on any atom is -0.652 e. The van der Waals surface area contributed by atoms with Crippen molar-refractivity contribution in [3.8, 4) is 0 Å². The summed E-state index contributed by atoms with van der Waals surface area (Å²) in [6, 6.07) is 0. The van der Waals surface area contributed by atoms with Gasteiger partial charge in [-0.15, -0.1) is 0 Å². The maximum absolute atomic E-state index is 9.50. The second-order valence-corrected chi connectivity index (χ2v) is 1.49. The van der Waals surface area contributed by atoms with Gasteiger partial charge in [0.2, 0.25) is 0 Å². The van der Waals surface area contributed by atoms with Gasteiger partial charge >= 0.3 is 0 Å². The second-order valence-electron chi connectivity index (χ2n) is 1.49. The van der Waals surface area contributed by atoms with Gasteiger partial charge in [-0.05, 0) is 19.0 Å². The van der Waals surface area contributed by atoms with Crippen molar-refractivity contribution in [1.29, 1.82) is 0 Å². The average molecular weight is 248 g/mol. The number of rotatable bonds is 3. The van der Waals surface area contributed by atoms with E-state index in [-0.39, 0.29) is 24.6 Å². The Balaban J connectivity index is -0.0000000281. The Bertz CT molecular complexity index is 168. The molecule has 0 heterocycles. The third-order valence-electron chi connectivity index (χ3n) is 0.533. The van der Waals surface area contributed by atoms with Crippen LogP contribution in [-0.2, 0) is 9.59 Å². The van der Waals surface area contributed by atoms with Gasteiger partial charge in [-0.2, -0.15) is 0 Å². The first-order chi connectivity index (χ1) is 5.36. The summed E-state index contributed by atoms with van der Waals surface area (Å²) in [6.45, 7) is 0. The summed E-state index contributed by atoms with van der Waals surface area (Å²) in [5.74, 6) is -2.73. The zero-order chi connectivity index (χ0) is 10.1. The van der Waals surface area contributed by atoms with Crippen LogP contribution in [0.4, 0.5) is 4.79 Å². The van der Waals surface area contributed by atoms with E-state index in [9.17, 15) is 19.8 Å². The van der Waals surface area contributed by atoms with Crippen LogP contribution in [0.25, 0.3) is 0 Å². The molecule has 0 bridgehead atoms. The number of carbonyl (C=O) groups excluding carboxylic acids is 3. The first-order valence-electron chi connectivity index (χ1n) is 2.64. The molecule has 0 aromatic carbocycles. The van der Waals surface area contributed by atoms with Crippen molar-refractivity contribution in [3.05, 3.63) is 0 Å². The van der Waals surface area contributed by atoms with E-state index in [0.29, 0.717) is 0 Å². The highest BCUT2D eigenvalue weighted by Crippen LogP contribution is 1.81. The Morgan fingerprint density at radius 1 is 0.625 bits per heavy atom. The van der Waals surface area contributed by atoms with E-state index in [1.807, 2.05) is 0 Å². The Morgan fingerprint density at radius 2 is 0.750 bits per heavy atom. The molecule has 11 heteroatoms. The molecule has 0 aromatic heterocycles. The third kappa shape index (κ3) is 158. The molecular weight excluding hydrogens is 228 g/mol. The van der Waals surface area contributed by atoms with Gasteiger partial charge in [0.1, 0.15) is 0 Å². The lowest BCUT2D eigenvalue weighted by Gasteiger charge is -2.00. The van der Waals surface area contributed by atoms with Crippen molar-refractivity contribution < 1.29 is 34.8 Å². The lowest BCUT2D eigenvalue weighted by molar-refractivity contribution is -0.415. The number of carboxylic acids is 2.